The molecule has 0 fully saturated rings. The summed E-state index contributed by atoms with van der Waals surface area (Å²) in [6.45, 7) is 3.78. The first-order valence-electron chi connectivity index (χ1n) is 12.4. The van der Waals surface area contributed by atoms with E-state index in [1.165, 1.54) is 14.2 Å². The van der Waals surface area contributed by atoms with Crippen molar-refractivity contribution in [2.24, 2.45) is 5.73 Å². The summed E-state index contributed by atoms with van der Waals surface area (Å²) in [6, 6.07) is 21.3. The molecule has 2 amide bonds. The van der Waals surface area contributed by atoms with Gasteiger partial charge in [0.1, 0.15) is 17.2 Å². The molecule has 0 radical (unpaired) electrons. The molecule has 10 heteroatoms. The van der Waals surface area contributed by atoms with Crippen molar-refractivity contribution >= 4 is 17.7 Å². The molecule has 0 aliphatic heterocycles. The summed E-state index contributed by atoms with van der Waals surface area (Å²) >= 11 is 0. The first-order valence-corrected chi connectivity index (χ1v) is 12.4. The first kappa shape index (κ1) is 26.2. The van der Waals surface area contributed by atoms with E-state index in [4.69, 9.17) is 24.8 Å². The number of primary amides is 1. The number of aryl methyl sites for hydroxylation is 1. The van der Waals surface area contributed by atoms with Gasteiger partial charge in [-0.1, -0.05) is 41.6 Å². The number of ether oxygens (including phenoxy) is 2. The van der Waals surface area contributed by atoms with Gasteiger partial charge in [0.2, 0.25) is 11.8 Å². The van der Waals surface area contributed by atoms with E-state index in [0.717, 1.165) is 11.4 Å². The second kappa shape index (κ2) is 10.8. The van der Waals surface area contributed by atoms with E-state index < -0.39 is 11.8 Å². The van der Waals surface area contributed by atoms with Gasteiger partial charge in [-0.15, -0.1) is 0 Å². The van der Waals surface area contributed by atoms with Crippen LogP contribution in [-0.4, -0.2) is 41.0 Å². The topological polar surface area (TPSA) is 134 Å². The molecule has 0 bridgehead atoms. The van der Waals surface area contributed by atoms with Crippen LogP contribution in [-0.2, 0) is 0 Å². The number of methoxy groups -OCH3 is 2. The van der Waals surface area contributed by atoms with Crippen LogP contribution in [0.2, 0.25) is 0 Å². The number of nitrogens with one attached hydrogen (secondary N) is 1. The Morgan fingerprint density at radius 1 is 0.900 bits per heavy atom. The van der Waals surface area contributed by atoms with Gasteiger partial charge in [-0.25, -0.2) is 4.68 Å². The molecule has 0 saturated carbocycles. The number of benzene rings is 3. The number of amides is 2. The van der Waals surface area contributed by atoms with E-state index in [9.17, 15) is 9.59 Å². The second-order valence-corrected chi connectivity index (χ2v) is 8.96. The Morgan fingerprint density at radius 2 is 1.62 bits per heavy atom. The Bertz CT molecular complexity index is 1720. The van der Waals surface area contributed by atoms with Gasteiger partial charge in [0.05, 0.1) is 42.4 Å². The van der Waals surface area contributed by atoms with Crippen LogP contribution in [0.15, 0.2) is 77.3 Å². The van der Waals surface area contributed by atoms with Gasteiger partial charge < -0.3 is 19.7 Å². The molecule has 5 aromatic rings. The fourth-order valence-corrected chi connectivity index (χ4v) is 4.67. The van der Waals surface area contributed by atoms with Crippen molar-refractivity contribution in [3.8, 4) is 39.6 Å². The number of rotatable bonds is 8. The Kier molecular flexibility index (Phi) is 7.07. The maximum Gasteiger partial charge on any atom is 0.261 e. The zero-order valence-corrected chi connectivity index (χ0v) is 22.4. The molecule has 0 spiro atoms. The highest BCUT2D eigenvalue weighted by Crippen LogP contribution is 2.42. The van der Waals surface area contributed by atoms with Crippen LogP contribution in [0.25, 0.3) is 28.1 Å². The Morgan fingerprint density at radius 3 is 2.33 bits per heavy atom. The molecule has 10 nitrogen and oxygen atoms in total. The molecule has 2 aromatic heterocycles. The Hall–Kier alpha value is -5.38. The lowest BCUT2D eigenvalue weighted by Crippen LogP contribution is -2.15. The molecule has 5 rings (SSSR count). The summed E-state index contributed by atoms with van der Waals surface area (Å²) < 4.78 is 18.2. The molecule has 202 valence electrons. The predicted molar refractivity (Wildman–Crippen MR) is 150 cm³/mol. The number of aromatic nitrogens is 3. The summed E-state index contributed by atoms with van der Waals surface area (Å²) in [5.74, 6) is -0.254. The number of para-hydroxylation sites is 1. The zero-order chi connectivity index (χ0) is 28.4. The highest BCUT2D eigenvalue weighted by molar-refractivity contribution is 6.10. The molecule has 0 aliphatic rings. The maximum atomic E-state index is 13.4. The van der Waals surface area contributed by atoms with E-state index >= 15 is 0 Å². The average molecular weight is 538 g/mol. The van der Waals surface area contributed by atoms with E-state index in [0.29, 0.717) is 39.6 Å². The normalized spacial score (nSPS) is 10.8. The van der Waals surface area contributed by atoms with Gasteiger partial charge in [0.25, 0.3) is 5.91 Å². The molecule has 0 aliphatic carbocycles. The largest absolute Gasteiger partial charge is 0.497 e. The number of nitrogens with zero attached hydrogens (tertiary/aromatic N) is 3. The molecule has 0 unspecified atom stereocenters. The van der Waals surface area contributed by atoms with E-state index in [-0.39, 0.29) is 17.0 Å². The lowest BCUT2D eigenvalue weighted by molar-refractivity contribution is 0.0997. The van der Waals surface area contributed by atoms with Crippen LogP contribution in [0.5, 0.6) is 11.5 Å². The number of carbonyl (C=O) groups excluding carboxylic acids is 2. The monoisotopic (exact) mass is 537 g/mol. The summed E-state index contributed by atoms with van der Waals surface area (Å²) in [5, 5.41) is 11.9. The van der Waals surface area contributed by atoms with Crippen molar-refractivity contribution in [2.45, 2.75) is 13.8 Å². The highest BCUT2D eigenvalue weighted by atomic mass is 16.5. The van der Waals surface area contributed by atoms with Crippen molar-refractivity contribution in [3.05, 3.63) is 95.3 Å². The predicted octanol–water partition coefficient (Wildman–Crippen LogP) is 5.18. The second-order valence-electron chi connectivity index (χ2n) is 8.96. The SMILES string of the molecule is COc1ccc(C(=O)Nc2onc(-c3c(C)nn(-c4ccccc4)c3C)c2-c2ccccc2C(N)=O)c(OC)c1. The van der Waals surface area contributed by atoms with Crippen LogP contribution < -0.4 is 20.5 Å². The van der Waals surface area contributed by atoms with Crippen molar-refractivity contribution in [1.29, 1.82) is 0 Å². The van der Waals surface area contributed by atoms with E-state index in [2.05, 4.69) is 10.5 Å². The quantitative estimate of drug-likeness (QED) is 0.278. The van der Waals surface area contributed by atoms with Gasteiger partial charge >= 0.3 is 0 Å². The van der Waals surface area contributed by atoms with Gasteiger partial charge in [-0.05, 0) is 44.2 Å². The minimum absolute atomic E-state index is 0.0397. The van der Waals surface area contributed by atoms with E-state index in [1.807, 2.05) is 48.9 Å². The van der Waals surface area contributed by atoms with Crippen LogP contribution >= 0.6 is 0 Å². The maximum absolute atomic E-state index is 13.4. The number of carbonyl (C=O) groups is 2. The molecule has 2 heterocycles. The standard InChI is InChI=1S/C30H27N5O5/c1-17-25(18(2)35(33-17)19-10-6-5-7-11-19)27-26(21-12-8-9-13-22(21)28(31)36)30(40-34-27)32-29(37)23-15-14-20(38-3)16-24(23)39-4/h5-16H,1-4H3,(H2,31,36)(H,32,37). The van der Waals surface area contributed by atoms with Crippen molar-refractivity contribution in [1.82, 2.24) is 14.9 Å². The number of hydrogen-bond acceptors (Lipinski definition) is 7. The van der Waals surface area contributed by atoms with Crippen molar-refractivity contribution < 1.29 is 23.6 Å². The van der Waals surface area contributed by atoms with Crippen LogP contribution in [0, 0.1) is 13.8 Å². The number of nitrogens with two attached hydrogens (primary N) is 1. The van der Waals surface area contributed by atoms with E-state index in [1.54, 1.807) is 42.5 Å². The minimum atomic E-state index is -0.634. The molecule has 3 aromatic carbocycles. The third-order valence-electron chi connectivity index (χ3n) is 6.56. The summed E-state index contributed by atoms with van der Waals surface area (Å²) in [5.41, 5.74) is 10.5. The average Bonchev–Trinajstić information content (AvgIpc) is 3.51. The van der Waals surface area contributed by atoms with Crippen LogP contribution in [0.4, 0.5) is 5.88 Å². The highest BCUT2D eigenvalue weighted by Gasteiger charge is 2.29. The molecular weight excluding hydrogens is 510 g/mol. The van der Waals surface area contributed by atoms with Gasteiger partial charge in [-0.2, -0.15) is 5.10 Å². The zero-order valence-electron chi connectivity index (χ0n) is 22.4. The third kappa shape index (κ3) is 4.66. The summed E-state index contributed by atoms with van der Waals surface area (Å²) in [7, 11) is 2.99. The van der Waals surface area contributed by atoms with Gasteiger partial charge in [-0.3, -0.25) is 14.9 Å². The Labute approximate surface area is 230 Å². The fraction of sp³-hybridized carbons (Fsp3) is 0.133. The van der Waals surface area contributed by atoms with Crippen LogP contribution in [0.3, 0.4) is 0 Å². The summed E-state index contributed by atoms with van der Waals surface area (Å²) in [6.07, 6.45) is 0. The molecule has 40 heavy (non-hydrogen) atoms. The number of anilines is 1. The lowest BCUT2D eigenvalue weighted by atomic mass is 9.95. The van der Waals surface area contributed by atoms with Gasteiger partial charge in [0.15, 0.2) is 0 Å². The molecular formula is C30H27N5O5. The van der Waals surface area contributed by atoms with Crippen molar-refractivity contribution in [3.63, 3.8) is 0 Å². The third-order valence-corrected chi connectivity index (χ3v) is 6.56. The smallest absolute Gasteiger partial charge is 0.261 e. The van der Waals surface area contributed by atoms with Crippen molar-refractivity contribution in [2.75, 3.05) is 19.5 Å². The Balaban J connectivity index is 1.68. The molecule has 0 saturated heterocycles. The lowest BCUT2D eigenvalue weighted by Gasteiger charge is -2.12. The first-order chi connectivity index (χ1) is 19.3. The van der Waals surface area contributed by atoms with Crippen LogP contribution in [0.1, 0.15) is 32.1 Å². The molecule has 0 atom stereocenters. The van der Waals surface area contributed by atoms with Gasteiger partial charge in [0, 0.05) is 22.8 Å². The minimum Gasteiger partial charge on any atom is -0.497 e. The summed E-state index contributed by atoms with van der Waals surface area (Å²) in [4.78, 5) is 25.9. The number of hydrogen-bond donors (Lipinski definition) is 2. The molecule has 3 N–H and O–H groups in total. The fourth-order valence-electron chi connectivity index (χ4n) is 4.67.